The summed E-state index contributed by atoms with van der Waals surface area (Å²) < 4.78 is 17.1. The third-order valence-electron chi connectivity index (χ3n) is 6.31. The van der Waals surface area contributed by atoms with Crippen molar-refractivity contribution in [1.82, 2.24) is 0 Å². The van der Waals surface area contributed by atoms with Crippen LogP contribution in [0.25, 0.3) is 0 Å². The van der Waals surface area contributed by atoms with Crippen molar-refractivity contribution in [3.05, 3.63) is 64.7 Å². The first-order valence-electron chi connectivity index (χ1n) is 10.7. The van der Waals surface area contributed by atoms with Crippen LogP contribution < -0.4 is 14.2 Å². The number of benzene rings is 3. The number of fused-ring (bicyclic) bond motifs is 2. The van der Waals surface area contributed by atoms with Gasteiger partial charge in [-0.25, -0.2) is 0 Å². The van der Waals surface area contributed by atoms with Crippen LogP contribution >= 0.6 is 0 Å². The highest BCUT2D eigenvalue weighted by atomic mass is 16.5. The standard InChI is InChI=1S/C25H22O10/c1-33-17-4-10(2-3-15(17)29)24-14(9-26)20-13(5-11(27)7-18(20)34-24)25-23(32)22(31)21-16(30)6-12(28)8-19(21)35-25/h2-8,14,23-30,32H,9H2,1H3/t14-,23+,24-,25-/m0/s1. The first-order valence-corrected chi connectivity index (χ1v) is 10.7. The molecule has 0 fully saturated rings. The highest BCUT2D eigenvalue weighted by Crippen LogP contribution is 2.53. The summed E-state index contributed by atoms with van der Waals surface area (Å²) in [5, 5.41) is 61.4. The van der Waals surface area contributed by atoms with Crippen LogP contribution in [0.4, 0.5) is 0 Å². The summed E-state index contributed by atoms with van der Waals surface area (Å²) in [6, 6.07) is 9.35. The molecule has 6 N–H and O–H groups in total. The van der Waals surface area contributed by atoms with E-state index in [1.807, 2.05) is 0 Å². The number of phenols is 4. The Labute approximate surface area is 198 Å². The number of ketones is 1. The average molecular weight is 482 g/mol. The largest absolute Gasteiger partial charge is 0.508 e. The van der Waals surface area contributed by atoms with E-state index in [-0.39, 0.29) is 45.6 Å². The van der Waals surface area contributed by atoms with Gasteiger partial charge in [0.15, 0.2) is 23.7 Å². The van der Waals surface area contributed by atoms with E-state index >= 15 is 0 Å². The van der Waals surface area contributed by atoms with Gasteiger partial charge in [-0.1, -0.05) is 6.07 Å². The van der Waals surface area contributed by atoms with Crippen LogP contribution in [0.3, 0.4) is 0 Å². The van der Waals surface area contributed by atoms with Crippen molar-refractivity contribution < 1.29 is 49.6 Å². The van der Waals surface area contributed by atoms with Crippen LogP contribution in [0.5, 0.6) is 40.2 Å². The lowest BCUT2D eigenvalue weighted by molar-refractivity contribution is 0.0205. The van der Waals surface area contributed by atoms with E-state index < -0.39 is 42.4 Å². The van der Waals surface area contributed by atoms with Crippen molar-refractivity contribution >= 4 is 5.78 Å². The number of aromatic hydroxyl groups is 4. The van der Waals surface area contributed by atoms with Gasteiger partial charge in [-0.2, -0.15) is 0 Å². The van der Waals surface area contributed by atoms with Crippen LogP contribution in [0.15, 0.2) is 42.5 Å². The lowest BCUT2D eigenvalue weighted by Crippen LogP contribution is -2.37. The van der Waals surface area contributed by atoms with Crippen molar-refractivity contribution in [3.8, 4) is 40.2 Å². The van der Waals surface area contributed by atoms with Gasteiger partial charge in [0.25, 0.3) is 0 Å². The Morgan fingerprint density at radius 3 is 2.29 bits per heavy atom. The molecule has 0 saturated heterocycles. The molecule has 5 rings (SSSR count). The molecular weight excluding hydrogens is 460 g/mol. The molecule has 2 aliphatic heterocycles. The van der Waals surface area contributed by atoms with Gasteiger partial charge >= 0.3 is 0 Å². The van der Waals surface area contributed by atoms with Crippen LogP contribution in [0.1, 0.15) is 45.2 Å². The van der Waals surface area contributed by atoms with Gasteiger partial charge in [-0.15, -0.1) is 0 Å². The monoisotopic (exact) mass is 482 g/mol. The summed E-state index contributed by atoms with van der Waals surface area (Å²) >= 11 is 0. The summed E-state index contributed by atoms with van der Waals surface area (Å²) in [4.78, 5) is 12.9. The fourth-order valence-electron chi connectivity index (χ4n) is 4.74. The molecule has 10 nitrogen and oxygen atoms in total. The summed E-state index contributed by atoms with van der Waals surface area (Å²) in [7, 11) is 1.40. The summed E-state index contributed by atoms with van der Waals surface area (Å²) in [5.74, 6) is -2.44. The first-order chi connectivity index (χ1) is 16.7. The highest BCUT2D eigenvalue weighted by molar-refractivity contribution is 6.05. The van der Waals surface area contributed by atoms with Crippen molar-refractivity contribution in [2.75, 3.05) is 13.7 Å². The number of carbonyl (C=O) groups excluding carboxylic acids is 1. The number of Topliss-reactive ketones (excluding diaryl/α,β-unsaturated/α-hetero) is 1. The summed E-state index contributed by atoms with van der Waals surface area (Å²) in [6.45, 7) is -0.395. The van der Waals surface area contributed by atoms with Crippen molar-refractivity contribution in [2.24, 2.45) is 0 Å². The van der Waals surface area contributed by atoms with E-state index in [0.717, 1.165) is 12.1 Å². The Bertz CT molecular complexity index is 1330. The second kappa shape index (κ2) is 8.26. The number of phenolic OH excluding ortho intramolecular Hbond substituents is 4. The number of aliphatic hydroxyl groups excluding tert-OH is 2. The molecule has 2 aliphatic rings. The van der Waals surface area contributed by atoms with Crippen molar-refractivity contribution in [2.45, 2.75) is 24.2 Å². The van der Waals surface area contributed by atoms with E-state index in [1.54, 1.807) is 12.1 Å². The van der Waals surface area contributed by atoms with E-state index in [4.69, 9.17) is 14.2 Å². The van der Waals surface area contributed by atoms with Crippen LogP contribution in [0.2, 0.25) is 0 Å². The number of ether oxygens (including phenoxy) is 3. The van der Waals surface area contributed by atoms with E-state index in [2.05, 4.69) is 0 Å². The van der Waals surface area contributed by atoms with Crippen LogP contribution in [-0.4, -0.2) is 56.2 Å². The quantitative estimate of drug-likeness (QED) is 0.325. The number of methoxy groups -OCH3 is 1. The topological polar surface area (TPSA) is 166 Å². The van der Waals surface area contributed by atoms with Gasteiger partial charge in [0, 0.05) is 29.3 Å². The number of hydrogen-bond donors (Lipinski definition) is 6. The van der Waals surface area contributed by atoms with Crippen molar-refractivity contribution in [3.63, 3.8) is 0 Å². The Morgan fingerprint density at radius 2 is 1.57 bits per heavy atom. The third kappa shape index (κ3) is 3.54. The third-order valence-corrected chi connectivity index (χ3v) is 6.31. The molecule has 0 aromatic heterocycles. The molecule has 10 heteroatoms. The second-order valence-corrected chi connectivity index (χ2v) is 8.39. The summed E-state index contributed by atoms with van der Waals surface area (Å²) in [5.41, 5.74) is 0.905. The maximum absolute atomic E-state index is 12.9. The molecule has 3 aromatic carbocycles. The highest BCUT2D eigenvalue weighted by Gasteiger charge is 2.45. The predicted octanol–water partition coefficient (Wildman–Crippen LogP) is 2.40. The molecule has 182 valence electrons. The van der Waals surface area contributed by atoms with Gasteiger partial charge in [0.05, 0.1) is 19.6 Å². The zero-order valence-electron chi connectivity index (χ0n) is 18.4. The van der Waals surface area contributed by atoms with E-state index in [0.29, 0.717) is 11.1 Å². The zero-order valence-corrected chi connectivity index (χ0v) is 18.4. The molecule has 2 heterocycles. The zero-order chi connectivity index (χ0) is 25.0. The lowest BCUT2D eigenvalue weighted by atomic mass is 9.84. The number of aliphatic hydroxyl groups is 2. The number of hydrogen-bond acceptors (Lipinski definition) is 10. The Kier molecular flexibility index (Phi) is 5.34. The number of rotatable bonds is 4. The lowest BCUT2D eigenvalue weighted by Gasteiger charge is -2.31. The molecule has 3 aromatic rings. The van der Waals surface area contributed by atoms with E-state index in [1.165, 1.54) is 25.3 Å². The Morgan fingerprint density at radius 1 is 0.886 bits per heavy atom. The molecule has 0 amide bonds. The van der Waals surface area contributed by atoms with Gasteiger partial charge in [-0.05, 0) is 23.8 Å². The van der Waals surface area contributed by atoms with E-state index in [9.17, 15) is 35.4 Å². The minimum atomic E-state index is -1.75. The molecule has 0 saturated carbocycles. The van der Waals surface area contributed by atoms with Gasteiger partial charge in [0.1, 0.15) is 40.4 Å². The molecule has 0 unspecified atom stereocenters. The maximum Gasteiger partial charge on any atom is 0.202 e. The molecule has 0 radical (unpaired) electrons. The first kappa shape index (κ1) is 22.6. The van der Waals surface area contributed by atoms with Gasteiger partial charge in [-0.3, -0.25) is 4.79 Å². The van der Waals surface area contributed by atoms with Crippen LogP contribution in [-0.2, 0) is 0 Å². The minimum absolute atomic E-state index is 0.0759. The van der Waals surface area contributed by atoms with Crippen molar-refractivity contribution in [1.29, 1.82) is 0 Å². The van der Waals surface area contributed by atoms with Crippen LogP contribution in [0, 0.1) is 0 Å². The fraction of sp³-hybridized carbons (Fsp3) is 0.240. The molecule has 0 aliphatic carbocycles. The molecule has 4 atom stereocenters. The second-order valence-electron chi connectivity index (χ2n) is 8.39. The Balaban J connectivity index is 1.61. The normalized spacial score (nSPS) is 22.7. The van der Waals surface area contributed by atoms with Gasteiger partial charge < -0.3 is 44.8 Å². The smallest absolute Gasteiger partial charge is 0.202 e. The SMILES string of the molecule is COc1cc([C@@H]2Oc3cc(O)cc([C@@H]4Oc5cc(O)cc(O)c5C(=O)[C@H]4O)c3[C@@H]2CO)ccc1O. The molecule has 0 spiro atoms. The minimum Gasteiger partial charge on any atom is -0.508 e. The number of carbonyl (C=O) groups is 1. The predicted molar refractivity (Wildman–Crippen MR) is 119 cm³/mol. The average Bonchev–Trinajstić information content (AvgIpc) is 3.19. The van der Waals surface area contributed by atoms with Gasteiger partial charge in [0.2, 0.25) is 5.78 Å². The summed E-state index contributed by atoms with van der Waals surface area (Å²) in [6.07, 6.45) is -3.83. The Hall–Kier alpha value is -4.15. The fourth-order valence-corrected chi connectivity index (χ4v) is 4.74. The maximum atomic E-state index is 12.9. The molecule has 35 heavy (non-hydrogen) atoms. The molecular formula is C25H22O10. The molecule has 0 bridgehead atoms.